The molecule has 3 aromatic carbocycles. The molecule has 4 rings (SSSR count). The van der Waals surface area contributed by atoms with Crippen LogP contribution in [0.2, 0.25) is 0 Å². The molecule has 0 saturated heterocycles. The van der Waals surface area contributed by atoms with Gasteiger partial charge in [-0.2, -0.15) is 0 Å². The number of aryl methyl sites for hydroxylation is 1. The summed E-state index contributed by atoms with van der Waals surface area (Å²) < 4.78 is 10.9. The Morgan fingerprint density at radius 2 is 1.87 bits per heavy atom. The SMILES string of the molecule is COc1ccccc1C(=O)Nc1ccc2c(c1)N(Cc1ccccc1C)C(=O)CO2. The van der Waals surface area contributed by atoms with Crippen molar-refractivity contribution in [2.45, 2.75) is 13.5 Å². The quantitative estimate of drug-likeness (QED) is 0.695. The molecule has 1 N–H and O–H groups in total. The van der Waals surface area contributed by atoms with Crippen molar-refractivity contribution in [2.24, 2.45) is 0 Å². The number of ether oxygens (including phenoxy) is 2. The number of nitrogens with zero attached hydrogens (tertiary/aromatic N) is 1. The summed E-state index contributed by atoms with van der Waals surface area (Å²) in [4.78, 5) is 27.0. The molecule has 6 heteroatoms. The highest BCUT2D eigenvalue weighted by atomic mass is 16.5. The van der Waals surface area contributed by atoms with Gasteiger partial charge < -0.3 is 19.7 Å². The first-order valence-electron chi connectivity index (χ1n) is 9.63. The molecule has 0 atom stereocenters. The van der Waals surface area contributed by atoms with Crippen LogP contribution < -0.4 is 19.7 Å². The van der Waals surface area contributed by atoms with Gasteiger partial charge in [0, 0.05) is 5.69 Å². The summed E-state index contributed by atoms with van der Waals surface area (Å²) in [6, 6.07) is 20.3. The zero-order valence-corrected chi connectivity index (χ0v) is 16.8. The van der Waals surface area contributed by atoms with Gasteiger partial charge in [0.1, 0.15) is 11.5 Å². The van der Waals surface area contributed by atoms with Crippen molar-refractivity contribution < 1.29 is 19.1 Å². The number of hydrogen-bond acceptors (Lipinski definition) is 4. The molecule has 0 bridgehead atoms. The Bertz CT molecular complexity index is 1110. The molecule has 6 nitrogen and oxygen atoms in total. The average Bonchev–Trinajstić information content (AvgIpc) is 2.77. The summed E-state index contributed by atoms with van der Waals surface area (Å²) in [5.41, 5.74) is 3.80. The maximum Gasteiger partial charge on any atom is 0.265 e. The second-order valence-corrected chi connectivity index (χ2v) is 7.03. The smallest absolute Gasteiger partial charge is 0.265 e. The first kappa shape index (κ1) is 19.5. The first-order chi connectivity index (χ1) is 14.6. The van der Waals surface area contributed by atoms with Crippen LogP contribution >= 0.6 is 0 Å². The summed E-state index contributed by atoms with van der Waals surface area (Å²) in [6.07, 6.45) is 0. The van der Waals surface area contributed by atoms with Crippen LogP contribution in [0, 0.1) is 6.92 Å². The Hall–Kier alpha value is -3.80. The van der Waals surface area contributed by atoms with Crippen molar-refractivity contribution >= 4 is 23.2 Å². The van der Waals surface area contributed by atoms with Crippen LogP contribution in [-0.4, -0.2) is 25.5 Å². The van der Waals surface area contributed by atoms with E-state index in [9.17, 15) is 9.59 Å². The molecule has 0 unspecified atom stereocenters. The van der Waals surface area contributed by atoms with Crippen LogP contribution in [0.5, 0.6) is 11.5 Å². The van der Waals surface area contributed by atoms with Crippen LogP contribution in [0.15, 0.2) is 66.7 Å². The second kappa shape index (κ2) is 8.29. The van der Waals surface area contributed by atoms with Gasteiger partial charge in [-0.1, -0.05) is 36.4 Å². The summed E-state index contributed by atoms with van der Waals surface area (Å²) in [5, 5.41) is 2.88. The molecule has 0 radical (unpaired) electrons. The first-order valence-corrected chi connectivity index (χ1v) is 9.63. The molecule has 1 heterocycles. The van der Waals surface area contributed by atoms with Gasteiger partial charge in [0.05, 0.1) is 24.9 Å². The third-order valence-electron chi connectivity index (χ3n) is 5.10. The number of hydrogen-bond donors (Lipinski definition) is 1. The molecular weight excluding hydrogens is 380 g/mol. The monoisotopic (exact) mass is 402 g/mol. The third-order valence-corrected chi connectivity index (χ3v) is 5.10. The van der Waals surface area contributed by atoms with Gasteiger partial charge >= 0.3 is 0 Å². The lowest BCUT2D eigenvalue weighted by atomic mass is 10.1. The molecule has 0 spiro atoms. The number of carbonyl (C=O) groups is 2. The fourth-order valence-electron chi connectivity index (χ4n) is 3.44. The maximum atomic E-state index is 12.7. The predicted octanol–water partition coefficient (Wildman–Crippen LogP) is 4.18. The Labute approximate surface area is 175 Å². The standard InChI is InChI=1S/C24H22N2O4/c1-16-7-3-4-8-17(16)14-26-20-13-18(11-12-22(20)30-15-23(26)27)25-24(28)19-9-5-6-10-21(19)29-2/h3-13H,14-15H2,1-2H3,(H,25,28). The maximum absolute atomic E-state index is 12.7. The number of benzene rings is 3. The van der Waals surface area contributed by atoms with Gasteiger partial charge in [-0.25, -0.2) is 0 Å². The van der Waals surface area contributed by atoms with E-state index in [1.165, 1.54) is 7.11 Å². The Morgan fingerprint density at radius 3 is 2.67 bits per heavy atom. The van der Waals surface area contributed by atoms with E-state index >= 15 is 0 Å². The van der Waals surface area contributed by atoms with Crippen molar-refractivity contribution in [2.75, 3.05) is 23.9 Å². The lowest BCUT2D eigenvalue weighted by molar-refractivity contribution is -0.121. The largest absolute Gasteiger partial charge is 0.496 e. The van der Waals surface area contributed by atoms with E-state index in [0.29, 0.717) is 35.0 Å². The van der Waals surface area contributed by atoms with Gasteiger partial charge in [-0.05, 0) is 48.4 Å². The second-order valence-electron chi connectivity index (χ2n) is 7.03. The normalized spacial score (nSPS) is 12.7. The molecule has 1 aliphatic heterocycles. The van der Waals surface area contributed by atoms with Crippen molar-refractivity contribution in [1.82, 2.24) is 0 Å². The highest BCUT2D eigenvalue weighted by Crippen LogP contribution is 2.36. The topological polar surface area (TPSA) is 67.9 Å². The molecule has 0 aliphatic carbocycles. The van der Waals surface area contributed by atoms with Gasteiger partial charge in [0.2, 0.25) is 0 Å². The average molecular weight is 402 g/mol. The van der Waals surface area contributed by atoms with E-state index in [2.05, 4.69) is 5.32 Å². The molecular formula is C24H22N2O4. The lowest BCUT2D eigenvalue weighted by Gasteiger charge is -2.30. The molecule has 30 heavy (non-hydrogen) atoms. The Morgan fingerprint density at radius 1 is 1.10 bits per heavy atom. The van der Waals surface area contributed by atoms with Crippen molar-refractivity contribution in [3.8, 4) is 11.5 Å². The van der Waals surface area contributed by atoms with Crippen LogP contribution in [0.25, 0.3) is 0 Å². The fraction of sp³-hybridized carbons (Fsp3) is 0.167. The van der Waals surface area contributed by atoms with Crippen LogP contribution in [-0.2, 0) is 11.3 Å². The number of para-hydroxylation sites is 1. The van der Waals surface area contributed by atoms with Gasteiger partial charge in [0.15, 0.2) is 6.61 Å². The van der Waals surface area contributed by atoms with E-state index in [4.69, 9.17) is 9.47 Å². The zero-order chi connectivity index (χ0) is 21.1. The predicted molar refractivity (Wildman–Crippen MR) is 115 cm³/mol. The molecule has 152 valence electrons. The highest BCUT2D eigenvalue weighted by molar-refractivity contribution is 6.07. The molecule has 0 fully saturated rings. The van der Waals surface area contributed by atoms with Crippen LogP contribution in [0.3, 0.4) is 0 Å². The minimum absolute atomic E-state index is 0.00813. The number of fused-ring (bicyclic) bond motifs is 1. The van der Waals surface area contributed by atoms with E-state index < -0.39 is 0 Å². The number of rotatable bonds is 5. The third kappa shape index (κ3) is 3.85. The Kier molecular flexibility index (Phi) is 5.39. The van der Waals surface area contributed by atoms with Gasteiger partial charge in [-0.3, -0.25) is 9.59 Å². The highest BCUT2D eigenvalue weighted by Gasteiger charge is 2.26. The number of amides is 2. The number of anilines is 2. The number of nitrogens with one attached hydrogen (secondary N) is 1. The summed E-state index contributed by atoms with van der Waals surface area (Å²) >= 11 is 0. The van der Waals surface area contributed by atoms with Crippen molar-refractivity contribution in [3.63, 3.8) is 0 Å². The summed E-state index contributed by atoms with van der Waals surface area (Å²) in [5.74, 6) is 0.686. The summed E-state index contributed by atoms with van der Waals surface area (Å²) in [7, 11) is 1.53. The molecule has 0 saturated carbocycles. The molecule has 2 amide bonds. The van der Waals surface area contributed by atoms with Crippen LogP contribution in [0.1, 0.15) is 21.5 Å². The number of carbonyl (C=O) groups excluding carboxylic acids is 2. The van der Waals surface area contributed by atoms with Crippen molar-refractivity contribution in [1.29, 1.82) is 0 Å². The molecule has 0 aromatic heterocycles. The Balaban J connectivity index is 1.63. The van der Waals surface area contributed by atoms with Crippen LogP contribution in [0.4, 0.5) is 11.4 Å². The molecule has 1 aliphatic rings. The van der Waals surface area contributed by atoms with Crippen molar-refractivity contribution in [3.05, 3.63) is 83.4 Å². The summed E-state index contributed by atoms with van der Waals surface area (Å²) in [6.45, 7) is 2.45. The lowest BCUT2D eigenvalue weighted by Crippen LogP contribution is -2.38. The molecule has 3 aromatic rings. The number of methoxy groups -OCH3 is 1. The van der Waals surface area contributed by atoms with E-state index in [0.717, 1.165) is 11.1 Å². The fourth-order valence-corrected chi connectivity index (χ4v) is 3.44. The minimum Gasteiger partial charge on any atom is -0.496 e. The van der Waals surface area contributed by atoms with Gasteiger partial charge in [-0.15, -0.1) is 0 Å². The van der Waals surface area contributed by atoms with E-state index in [1.807, 2.05) is 31.2 Å². The zero-order valence-electron chi connectivity index (χ0n) is 16.8. The minimum atomic E-state index is -0.291. The van der Waals surface area contributed by atoms with Gasteiger partial charge in [0.25, 0.3) is 11.8 Å². The van der Waals surface area contributed by atoms with E-state index in [1.54, 1.807) is 47.4 Å². The van der Waals surface area contributed by atoms with E-state index in [-0.39, 0.29) is 18.4 Å².